The molecule has 230 valence electrons. The van der Waals surface area contributed by atoms with E-state index in [0.29, 0.717) is 30.2 Å². The Hall–Kier alpha value is -4.19. The number of ether oxygens (including phenoxy) is 2. The van der Waals surface area contributed by atoms with Crippen LogP contribution in [0, 0.1) is 0 Å². The molecule has 1 fully saturated rings. The highest BCUT2D eigenvalue weighted by Crippen LogP contribution is 2.30. The third-order valence-corrected chi connectivity index (χ3v) is 7.09. The van der Waals surface area contributed by atoms with Gasteiger partial charge >= 0.3 is 11.9 Å². The monoisotopic (exact) mass is 610 g/mol. The largest absolute Gasteiger partial charge is 0.491 e. The summed E-state index contributed by atoms with van der Waals surface area (Å²) < 4.78 is 38.1. The fourth-order valence-corrected chi connectivity index (χ4v) is 5.12. The maximum atomic E-state index is 11.6. The van der Waals surface area contributed by atoms with Gasteiger partial charge in [0.05, 0.1) is 24.7 Å². The van der Waals surface area contributed by atoms with Crippen LogP contribution in [-0.4, -0.2) is 74.1 Å². The van der Waals surface area contributed by atoms with Crippen LogP contribution in [0.15, 0.2) is 97.1 Å². The zero-order chi connectivity index (χ0) is 31.1. The summed E-state index contributed by atoms with van der Waals surface area (Å²) in [5.41, 5.74) is 2.84. The zero-order valence-electron chi connectivity index (χ0n) is 24.0. The smallest absolute Gasteiger partial charge is 0.328 e. The predicted octanol–water partition coefficient (Wildman–Crippen LogP) is 4.81. The number of nitrogens with one attached hydrogen (secondary N) is 1. The third kappa shape index (κ3) is 12.7. The Kier molecular flexibility index (Phi) is 13.2. The molecule has 43 heavy (non-hydrogen) atoms. The molecule has 0 aromatic heterocycles. The average Bonchev–Trinajstić information content (AvgIpc) is 2.99. The summed E-state index contributed by atoms with van der Waals surface area (Å²) in [6, 6.07) is 28.0. The van der Waals surface area contributed by atoms with E-state index >= 15 is 0 Å². The highest BCUT2D eigenvalue weighted by Gasteiger charge is 2.24. The molecule has 10 nitrogen and oxygen atoms in total. The molecule has 1 saturated heterocycles. The topological polar surface area (TPSA) is 142 Å². The third-order valence-electron chi connectivity index (χ3n) is 6.49. The Bertz CT molecular complexity index is 1370. The van der Waals surface area contributed by atoms with Crippen LogP contribution >= 0.6 is 0 Å². The number of carbonyl (C=O) groups is 2. The van der Waals surface area contributed by atoms with Crippen LogP contribution < -0.4 is 9.46 Å². The van der Waals surface area contributed by atoms with Gasteiger partial charge in [0.25, 0.3) is 0 Å². The molecular formula is C32H38N2O8S. The molecular weight excluding hydrogens is 572 g/mol. The standard InChI is InChI=1S/C28H34N2O4S.C4H4O4/c1-35(31,32)29-26-15-8-9-16-27(26)33-22-10-19-30-20-17-25(18-21-30)34-28(23-11-4-2-5-12-23)24-13-6-3-7-14-24;5-3(6)1-2-4(7)8/h2-9,11-16,25,28-29H,10,17-22H2,1H3;1-2H,(H,5,6)(H,7,8). The van der Waals surface area contributed by atoms with Crippen molar-refractivity contribution < 1.29 is 37.7 Å². The number of piperidine rings is 1. The minimum absolute atomic E-state index is 0.0528. The zero-order valence-corrected chi connectivity index (χ0v) is 24.9. The van der Waals surface area contributed by atoms with Gasteiger partial charge < -0.3 is 24.6 Å². The number of hydrogen-bond donors (Lipinski definition) is 3. The van der Waals surface area contributed by atoms with Crippen molar-refractivity contribution in [3.8, 4) is 5.75 Å². The van der Waals surface area contributed by atoms with E-state index in [9.17, 15) is 18.0 Å². The van der Waals surface area contributed by atoms with Crippen molar-refractivity contribution in [3.63, 3.8) is 0 Å². The van der Waals surface area contributed by atoms with E-state index in [1.54, 1.807) is 18.2 Å². The number of carboxylic acid groups (broad SMARTS) is 2. The molecule has 11 heteroatoms. The predicted molar refractivity (Wildman–Crippen MR) is 165 cm³/mol. The SMILES string of the molecule is CS(=O)(=O)Nc1ccccc1OCCCN1CCC(OC(c2ccccc2)c2ccccc2)CC1.O=C(O)C=CC(=O)O. The van der Waals surface area contributed by atoms with Crippen molar-refractivity contribution in [3.05, 3.63) is 108 Å². The Morgan fingerprint density at radius 2 is 1.40 bits per heavy atom. The van der Waals surface area contributed by atoms with E-state index in [1.165, 1.54) is 11.1 Å². The molecule has 0 aliphatic carbocycles. The summed E-state index contributed by atoms with van der Waals surface area (Å²) in [5.74, 6) is -1.96. The van der Waals surface area contributed by atoms with E-state index in [0.717, 1.165) is 45.2 Å². The minimum atomic E-state index is -3.35. The maximum absolute atomic E-state index is 11.6. The number of rotatable bonds is 13. The number of aliphatic carboxylic acids is 2. The van der Waals surface area contributed by atoms with E-state index in [4.69, 9.17) is 19.7 Å². The molecule has 1 heterocycles. The summed E-state index contributed by atoms with van der Waals surface area (Å²) in [5, 5.41) is 15.6. The van der Waals surface area contributed by atoms with Crippen molar-refractivity contribution in [2.24, 2.45) is 0 Å². The first-order chi connectivity index (χ1) is 20.6. The number of hydrogen-bond acceptors (Lipinski definition) is 7. The molecule has 3 aromatic rings. The Labute approximate surface area is 252 Å². The fourth-order valence-electron chi connectivity index (χ4n) is 4.56. The molecule has 3 aromatic carbocycles. The highest BCUT2D eigenvalue weighted by atomic mass is 32.2. The van der Waals surface area contributed by atoms with Gasteiger partial charge in [-0.25, -0.2) is 18.0 Å². The van der Waals surface area contributed by atoms with Gasteiger partial charge in [-0.3, -0.25) is 4.72 Å². The minimum Gasteiger partial charge on any atom is -0.491 e. The molecule has 0 saturated carbocycles. The summed E-state index contributed by atoms with van der Waals surface area (Å²) in [6.07, 6.45) is 5.29. The van der Waals surface area contributed by atoms with Crippen molar-refractivity contribution in [1.29, 1.82) is 0 Å². The van der Waals surface area contributed by atoms with Crippen molar-refractivity contribution in [2.75, 3.05) is 37.2 Å². The molecule has 0 radical (unpaired) electrons. The van der Waals surface area contributed by atoms with Crippen molar-refractivity contribution in [2.45, 2.75) is 31.5 Å². The van der Waals surface area contributed by atoms with Gasteiger partial charge in [0, 0.05) is 31.8 Å². The lowest BCUT2D eigenvalue weighted by molar-refractivity contribution is -0.134. The molecule has 0 bridgehead atoms. The quantitative estimate of drug-likeness (QED) is 0.184. The number of para-hydroxylation sites is 2. The van der Waals surface area contributed by atoms with Crippen LogP contribution in [0.5, 0.6) is 5.75 Å². The Morgan fingerprint density at radius 3 is 1.91 bits per heavy atom. The summed E-state index contributed by atoms with van der Waals surface area (Å²) in [7, 11) is -3.35. The first kappa shape index (κ1) is 33.3. The van der Waals surface area contributed by atoms with E-state index in [2.05, 4.69) is 58.2 Å². The van der Waals surface area contributed by atoms with Crippen molar-refractivity contribution >= 4 is 27.6 Å². The molecule has 0 unspecified atom stereocenters. The lowest BCUT2D eigenvalue weighted by Gasteiger charge is -2.34. The maximum Gasteiger partial charge on any atom is 0.328 e. The lowest BCUT2D eigenvalue weighted by atomic mass is 10.00. The molecule has 1 aliphatic rings. The van der Waals surface area contributed by atoms with Gasteiger partial charge in [-0.2, -0.15) is 0 Å². The summed E-state index contributed by atoms with van der Waals surface area (Å²) in [4.78, 5) is 21.6. The first-order valence-electron chi connectivity index (χ1n) is 13.9. The Morgan fingerprint density at radius 1 is 0.884 bits per heavy atom. The molecule has 0 atom stereocenters. The summed E-state index contributed by atoms with van der Waals surface area (Å²) >= 11 is 0. The van der Waals surface area contributed by atoms with E-state index in [-0.39, 0.29) is 12.2 Å². The van der Waals surface area contributed by atoms with Gasteiger partial charge in [-0.1, -0.05) is 72.8 Å². The number of carboxylic acids is 2. The second kappa shape index (κ2) is 17.1. The molecule has 0 amide bonds. The number of anilines is 1. The van der Waals surface area contributed by atoms with Crippen LogP contribution in [0.4, 0.5) is 5.69 Å². The highest BCUT2D eigenvalue weighted by molar-refractivity contribution is 7.92. The number of sulfonamides is 1. The lowest BCUT2D eigenvalue weighted by Crippen LogP contribution is -2.38. The normalized spacial score (nSPS) is 14.2. The van der Waals surface area contributed by atoms with Gasteiger partial charge in [0.1, 0.15) is 11.9 Å². The number of nitrogens with zero attached hydrogens (tertiary/aromatic N) is 1. The molecule has 3 N–H and O–H groups in total. The molecule has 1 aliphatic heterocycles. The first-order valence-corrected chi connectivity index (χ1v) is 15.8. The average molecular weight is 611 g/mol. The van der Waals surface area contributed by atoms with Crippen molar-refractivity contribution in [1.82, 2.24) is 4.90 Å². The van der Waals surface area contributed by atoms with E-state index < -0.39 is 22.0 Å². The number of likely N-dealkylation sites (tertiary alicyclic amines) is 1. The van der Waals surface area contributed by atoms with E-state index in [1.807, 2.05) is 18.2 Å². The van der Waals surface area contributed by atoms with Gasteiger partial charge in [0.15, 0.2) is 0 Å². The Balaban J connectivity index is 0.000000557. The summed E-state index contributed by atoms with van der Waals surface area (Å²) in [6.45, 7) is 3.46. The number of benzene rings is 3. The second-order valence-electron chi connectivity index (χ2n) is 9.96. The molecule has 0 spiro atoms. The van der Waals surface area contributed by atoms with Gasteiger partial charge in [0.2, 0.25) is 10.0 Å². The van der Waals surface area contributed by atoms with Crippen LogP contribution in [-0.2, 0) is 24.3 Å². The second-order valence-corrected chi connectivity index (χ2v) is 11.7. The van der Waals surface area contributed by atoms with Gasteiger partial charge in [-0.15, -0.1) is 0 Å². The van der Waals surface area contributed by atoms with Crippen LogP contribution in [0.2, 0.25) is 0 Å². The van der Waals surface area contributed by atoms with Gasteiger partial charge in [-0.05, 0) is 42.5 Å². The fraction of sp³-hybridized carbons (Fsp3) is 0.312. The van der Waals surface area contributed by atoms with Crippen LogP contribution in [0.3, 0.4) is 0 Å². The van der Waals surface area contributed by atoms with Crippen LogP contribution in [0.1, 0.15) is 36.5 Å². The van der Waals surface area contributed by atoms with Crippen LogP contribution in [0.25, 0.3) is 0 Å². The molecule has 4 rings (SSSR count).